The number of aliphatic hydroxyl groups is 1. The van der Waals surface area contributed by atoms with E-state index in [1.165, 1.54) is 5.56 Å². The Kier molecular flexibility index (Phi) is 7.45. The first-order valence-electron chi connectivity index (χ1n) is 9.83. The number of hydrogen-bond acceptors (Lipinski definition) is 2. The Morgan fingerprint density at radius 1 is 0.862 bits per heavy atom. The van der Waals surface area contributed by atoms with Crippen LogP contribution in [0.15, 0.2) is 78.9 Å². The van der Waals surface area contributed by atoms with Gasteiger partial charge in [0.05, 0.1) is 12.0 Å². The molecule has 0 aromatic heterocycles. The number of rotatable bonds is 9. The number of aliphatic hydroxyl groups excluding tert-OH is 1. The lowest BCUT2D eigenvalue weighted by Gasteiger charge is -2.17. The van der Waals surface area contributed by atoms with E-state index in [4.69, 9.17) is 11.6 Å². The van der Waals surface area contributed by atoms with Crippen molar-refractivity contribution in [1.29, 1.82) is 0 Å². The van der Waals surface area contributed by atoms with Crippen molar-refractivity contribution in [2.75, 3.05) is 0 Å². The SMILES string of the molecule is O=C(O)[C@@H](CCCc1ccccc1)C[C@H](O)c1ccc(-c2ccc(Cl)cc2)cc1. The summed E-state index contributed by atoms with van der Waals surface area (Å²) in [6, 6.07) is 25.2. The summed E-state index contributed by atoms with van der Waals surface area (Å²) in [6.45, 7) is 0. The summed E-state index contributed by atoms with van der Waals surface area (Å²) < 4.78 is 0. The lowest BCUT2D eigenvalue weighted by Crippen LogP contribution is -2.17. The van der Waals surface area contributed by atoms with Crippen LogP contribution in [0.1, 0.15) is 36.5 Å². The fraction of sp³-hybridized carbons (Fsp3) is 0.240. The lowest BCUT2D eigenvalue weighted by atomic mass is 9.91. The van der Waals surface area contributed by atoms with E-state index >= 15 is 0 Å². The quantitative estimate of drug-likeness (QED) is 0.446. The number of aryl methyl sites for hydroxylation is 1. The van der Waals surface area contributed by atoms with Crippen LogP contribution in [0, 0.1) is 5.92 Å². The maximum atomic E-state index is 11.7. The molecule has 150 valence electrons. The number of carboxylic acid groups (broad SMARTS) is 1. The molecule has 0 saturated heterocycles. The normalized spacial score (nSPS) is 13.0. The number of aliphatic carboxylic acids is 1. The summed E-state index contributed by atoms with van der Waals surface area (Å²) in [5.41, 5.74) is 4.00. The number of carboxylic acids is 1. The van der Waals surface area contributed by atoms with E-state index in [1.54, 1.807) is 0 Å². The van der Waals surface area contributed by atoms with Crippen LogP contribution >= 0.6 is 11.6 Å². The van der Waals surface area contributed by atoms with Crippen LogP contribution in [0.5, 0.6) is 0 Å². The van der Waals surface area contributed by atoms with Crippen LogP contribution in [-0.4, -0.2) is 16.2 Å². The van der Waals surface area contributed by atoms with Crippen LogP contribution in [0.2, 0.25) is 5.02 Å². The van der Waals surface area contributed by atoms with Crippen LogP contribution < -0.4 is 0 Å². The molecule has 0 aliphatic carbocycles. The molecule has 0 aliphatic rings. The molecule has 0 spiro atoms. The maximum Gasteiger partial charge on any atom is 0.306 e. The molecule has 3 aromatic rings. The van der Waals surface area contributed by atoms with Gasteiger partial charge in [0.1, 0.15) is 0 Å². The van der Waals surface area contributed by atoms with Gasteiger partial charge in [-0.1, -0.05) is 78.3 Å². The highest BCUT2D eigenvalue weighted by molar-refractivity contribution is 6.30. The molecule has 0 radical (unpaired) electrons. The monoisotopic (exact) mass is 408 g/mol. The van der Waals surface area contributed by atoms with Gasteiger partial charge >= 0.3 is 5.97 Å². The van der Waals surface area contributed by atoms with E-state index in [0.29, 0.717) is 11.4 Å². The molecule has 2 atom stereocenters. The van der Waals surface area contributed by atoms with Crippen LogP contribution in [0.25, 0.3) is 11.1 Å². The topological polar surface area (TPSA) is 57.5 Å². The molecular weight excluding hydrogens is 384 g/mol. The molecule has 0 bridgehead atoms. The van der Waals surface area contributed by atoms with Crippen LogP contribution in [0.3, 0.4) is 0 Å². The van der Waals surface area contributed by atoms with E-state index < -0.39 is 18.0 Å². The fourth-order valence-electron chi connectivity index (χ4n) is 3.49. The van der Waals surface area contributed by atoms with Gasteiger partial charge in [0.25, 0.3) is 0 Å². The van der Waals surface area contributed by atoms with Crippen molar-refractivity contribution in [3.8, 4) is 11.1 Å². The minimum absolute atomic E-state index is 0.213. The molecule has 3 rings (SSSR count). The molecule has 0 unspecified atom stereocenters. The molecule has 0 amide bonds. The van der Waals surface area contributed by atoms with Gasteiger partial charge in [0.2, 0.25) is 0 Å². The van der Waals surface area contributed by atoms with Crippen molar-refractivity contribution in [2.24, 2.45) is 5.92 Å². The predicted octanol–water partition coefficient (Wildman–Crippen LogP) is 6.15. The van der Waals surface area contributed by atoms with Crippen molar-refractivity contribution in [1.82, 2.24) is 0 Å². The predicted molar refractivity (Wildman–Crippen MR) is 117 cm³/mol. The Hall–Kier alpha value is -2.62. The van der Waals surface area contributed by atoms with Crippen molar-refractivity contribution < 1.29 is 15.0 Å². The van der Waals surface area contributed by atoms with E-state index in [2.05, 4.69) is 0 Å². The lowest BCUT2D eigenvalue weighted by molar-refractivity contribution is -0.143. The molecule has 2 N–H and O–H groups in total. The number of halogens is 1. The Bertz CT molecular complexity index is 905. The highest BCUT2D eigenvalue weighted by Crippen LogP contribution is 2.28. The second kappa shape index (κ2) is 10.2. The zero-order valence-corrected chi connectivity index (χ0v) is 16.9. The number of benzene rings is 3. The summed E-state index contributed by atoms with van der Waals surface area (Å²) in [6.07, 6.45) is 1.58. The zero-order valence-electron chi connectivity index (χ0n) is 16.2. The molecule has 29 heavy (non-hydrogen) atoms. The van der Waals surface area contributed by atoms with Crippen molar-refractivity contribution in [2.45, 2.75) is 31.8 Å². The first-order chi connectivity index (χ1) is 14.0. The third-order valence-electron chi connectivity index (χ3n) is 5.19. The average molecular weight is 409 g/mol. The number of carbonyl (C=O) groups is 1. The van der Waals surface area contributed by atoms with E-state index in [0.717, 1.165) is 29.5 Å². The molecular formula is C25H25ClO3. The van der Waals surface area contributed by atoms with E-state index in [-0.39, 0.29) is 6.42 Å². The van der Waals surface area contributed by atoms with Crippen molar-refractivity contribution in [3.05, 3.63) is 95.0 Å². The van der Waals surface area contributed by atoms with Gasteiger partial charge in [-0.05, 0) is 60.1 Å². The second-order valence-electron chi connectivity index (χ2n) is 7.29. The standard InChI is InChI=1S/C25H25ClO3/c26-23-15-13-20(14-16-23)19-9-11-21(12-10-19)24(27)17-22(25(28)29)8-4-7-18-5-2-1-3-6-18/h1-3,5-6,9-16,22,24,27H,4,7-8,17H2,(H,28,29)/t22-,24-/m0/s1. The third-order valence-corrected chi connectivity index (χ3v) is 5.44. The molecule has 0 aliphatic heterocycles. The summed E-state index contributed by atoms with van der Waals surface area (Å²) >= 11 is 5.93. The van der Waals surface area contributed by atoms with E-state index in [9.17, 15) is 15.0 Å². The Balaban J connectivity index is 1.58. The van der Waals surface area contributed by atoms with Crippen LogP contribution in [-0.2, 0) is 11.2 Å². The molecule has 3 aromatic carbocycles. The van der Waals surface area contributed by atoms with Gasteiger partial charge in [-0.15, -0.1) is 0 Å². The van der Waals surface area contributed by atoms with Crippen molar-refractivity contribution in [3.63, 3.8) is 0 Å². The zero-order chi connectivity index (χ0) is 20.6. The van der Waals surface area contributed by atoms with Crippen molar-refractivity contribution >= 4 is 17.6 Å². The highest BCUT2D eigenvalue weighted by atomic mass is 35.5. The smallest absolute Gasteiger partial charge is 0.306 e. The van der Waals surface area contributed by atoms with Gasteiger partial charge < -0.3 is 10.2 Å². The molecule has 0 saturated carbocycles. The summed E-state index contributed by atoms with van der Waals surface area (Å²) in [5, 5.41) is 20.8. The highest BCUT2D eigenvalue weighted by Gasteiger charge is 2.22. The molecule has 3 nitrogen and oxygen atoms in total. The van der Waals surface area contributed by atoms with E-state index in [1.807, 2.05) is 78.9 Å². The van der Waals surface area contributed by atoms with Gasteiger partial charge in [0, 0.05) is 5.02 Å². The van der Waals surface area contributed by atoms with Gasteiger partial charge in [-0.25, -0.2) is 0 Å². The average Bonchev–Trinajstić information content (AvgIpc) is 2.74. The summed E-state index contributed by atoms with van der Waals surface area (Å²) in [7, 11) is 0. The third kappa shape index (κ3) is 6.18. The van der Waals surface area contributed by atoms with Crippen LogP contribution in [0.4, 0.5) is 0 Å². The maximum absolute atomic E-state index is 11.7. The molecule has 0 heterocycles. The minimum Gasteiger partial charge on any atom is -0.481 e. The largest absolute Gasteiger partial charge is 0.481 e. The van der Waals surface area contributed by atoms with Gasteiger partial charge in [-0.3, -0.25) is 4.79 Å². The first kappa shape index (κ1) is 21.1. The summed E-state index contributed by atoms with van der Waals surface area (Å²) in [5.74, 6) is -1.42. The fourth-order valence-corrected chi connectivity index (χ4v) is 3.61. The Morgan fingerprint density at radius 3 is 2.03 bits per heavy atom. The van der Waals surface area contributed by atoms with Gasteiger partial charge in [0.15, 0.2) is 0 Å². The Morgan fingerprint density at radius 2 is 1.45 bits per heavy atom. The first-order valence-corrected chi connectivity index (χ1v) is 10.2. The molecule has 0 fully saturated rings. The second-order valence-corrected chi connectivity index (χ2v) is 7.73. The molecule has 4 heteroatoms. The Labute approximate surface area is 176 Å². The van der Waals surface area contributed by atoms with Gasteiger partial charge in [-0.2, -0.15) is 0 Å². The minimum atomic E-state index is -0.852. The number of hydrogen-bond donors (Lipinski definition) is 2. The summed E-state index contributed by atoms with van der Waals surface area (Å²) in [4.78, 5) is 11.7.